The maximum atomic E-state index is 13.2. The Balaban J connectivity index is 1.65. The number of halogens is 2. The van der Waals surface area contributed by atoms with Crippen LogP contribution in [0.4, 0.5) is 10.1 Å². The number of ether oxygens (including phenoxy) is 1. The highest BCUT2D eigenvalue weighted by molar-refractivity contribution is 6.21. The minimum Gasteiger partial charge on any atom is -0.488 e. The highest BCUT2D eigenvalue weighted by Crippen LogP contribution is 2.30. The number of anilines is 1. The van der Waals surface area contributed by atoms with Gasteiger partial charge in [0.2, 0.25) is 0 Å². The second kappa shape index (κ2) is 5.94. The molecule has 0 saturated heterocycles. The summed E-state index contributed by atoms with van der Waals surface area (Å²) in [7, 11) is 0. The molecule has 0 aliphatic carbocycles. The minimum absolute atomic E-state index is 0.0143. The molecule has 3 rings (SSSR count). The maximum absolute atomic E-state index is 13.2. The zero-order valence-corrected chi connectivity index (χ0v) is 12.5. The molecule has 2 nitrogen and oxygen atoms in total. The summed E-state index contributed by atoms with van der Waals surface area (Å²) in [6.07, 6.45) is 0.735. The monoisotopic (exact) mass is 305 g/mol. The Morgan fingerprint density at radius 2 is 2.14 bits per heavy atom. The summed E-state index contributed by atoms with van der Waals surface area (Å²) in [4.78, 5) is 0. The van der Waals surface area contributed by atoms with Crippen molar-refractivity contribution in [3.8, 4) is 5.75 Å². The summed E-state index contributed by atoms with van der Waals surface area (Å²) in [6, 6.07) is 12.6. The molecule has 2 aromatic carbocycles. The van der Waals surface area contributed by atoms with Crippen molar-refractivity contribution in [2.75, 3.05) is 11.9 Å². The summed E-state index contributed by atoms with van der Waals surface area (Å²) >= 11 is 6.18. The molecule has 4 heteroatoms. The lowest BCUT2D eigenvalue weighted by Crippen LogP contribution is -2.24. The first-order chi connectivity index (χ1) is 10.1. The predicted octanol–water partition coefficient (Wildman–Crippen LogP) is 4.54. The molecule has 2 aromatic rings. The molecule has 0 spiro atoms. The molecule has 1 aliphatic heterocycles. The van der Waals surface area contributed by atoms with E-state index in [9.17, 15) is 4.39 Å². The van der Waals surface area contributed by atoms with E-state index in [0.717, 1.165) is 29.0 Å². The summed E-state index contributed by atoms with van der Waals surface area (Å²) < 4.78 is 19.0. The lowest BCUT2D eigenvalue weighted by atomic mass is 10.1. The van der Waals surface area contributed by atoms with Crippen LogP contribution < -0.4 is 10.1 Å². The Morgan fingerprint density at radius 1 is 1.33 bits per heavy atom. The van der Waals surface area contributed by atoms with Crippen molar-refractivity contribution in [2.45, 2.75) is 24.8 Å². The largest absolute Gasteiger partial charge is 0.488 e. The summed E-state index contributed by atoms with van der Waals surface area (Å²) in [5, 5.41) is 3.33. The zero-order chi connectivity index (χ0) is 14.8. The molecular weight excluding hydrogens is 289 g/mol. The van der Waals surface area contributed by atoms with E-state index in [2.05, 4.69) is 5.32 Å². The molecule has 2 atom stereocenters. The molecule has 21 heavy (non-hydrogen) atoms. The molecule has 0 bridgehead atoms. The average Bonchev–Trinajstić information content (AvgIpc) is 2.87. The Labute approximate surface area is 128 Å². The number of rotatable bonds is 4. The van der Waals surface area contributed by atoms with Crippen LogP contribution in [0.15, 0.2) is 42.5 Å². The van der Waals surface area contributed by atoms with Crippen LogP contribution in [-0.4, -0.2) is 12.6 Å². The number of nitrogens with one attached hydrogen (secondary N) is 1. The molecular formula is C17H17ClFNO. The van der Waals surface area contributed by atoms with Crippen molar-refractivity contribution in [1.29, 1.82) is 0 Å². The predicted molar refractivity (Wildman–Crippen MR) is 83.7 cm³/mol. The van der Waals surface area contributed by atoms with Crippen LogP contribution in [0.3, 0.4) is 0 Å². The van der Waals surface area contributed by atoms with E-state index in [0.29, 0.717) is 6.54 Å². The molecule has 0 saturated carbocycles. The van der Waals surface area contributed by atoms with Gasteiger partial charge in [-0.15, -0.1) is 11.6 Å². The summed E-state index contributed by atoms with van der Waals surface area (Å²) in [5.74, 6) is 0.564. The molecule has 0 aromatic heterocycles. The van der Waals surface area contributed by atoms with Crippen molar-refractivity contribution in [3.05, 3.63) is 59.4 Å². The quantitative estimate of drug-likeness (QED) is 0.837. The lowest BCUT2D eigenvalue weighted by Gasteiger charge is -2.16. The molecule has 1 heterocycles. The van der Waals surface area contributed by atoms with Crippen LogP contribution in [0.1, 0.15) is 23.4 Å². The fourth-order valence-electron chi connectivity index (χ4n) is 2.63. The molecule has 2 unspecified atom stereocenters. The van der Waals surface area contributed by atoms with Gasteiger partial charge in [0.25, 0.3) is 0 Å². The lowest BCUT2D eigenvalue weighted by molar-refractivity contribution is 0.246. The summed E-state index contributed by atoms with van der Waals surface area (Å²) in [6.45, 7) is 2.61. The van der Waals surface area contributed by atoms with E-state index < -0.39 is 0 Å². The first-order valence-corrected chi connectivity index (χ1v) is 7.49. The molecule has 0 amide bonds. The number of benzene rings is 2. The number of hydrogen-bond acceptors (Lipinski definition) is 2. The molecule has 1 N–H and O–H groups in total. The van der Waals surface area contributed by atoms with E-state index in [4.69, 9.17) is 16.3 Å². The van der Waals surface area contributed by atoms with Crippen LogP contribution in [0, 0.1) is 5.82 Å². The zero-order valence-electron chi connectivity index (χ0n) is 11.8. The Bertz CT molecular complexity index is 644. The van der Waals surface area contributed by atoms with Gasteiger partial charge in [-0.05, 0) is 36.8 Å². The molecule has 0 radical (unpaired) electrons. The fourth-order valence-corrected chi connectivity index (χ4v) is 2.82. The van der Waals surface area contributed by atoms with Crippen molar-refractivity contribution in [2.24, 2.45) is 0 Å². The molecule has 1 aliphatic rings. The van der Waals surface area contributed by atoms with Crippen molar-refractivity contribution < 1.29 is 9.13 Å². The number of para-hydroxylation sites is 1. The van der Waals surface area contributed by atoms with Gasteiger partial charge < -0.3 is 10.1 Å². The second-order valence-corrected chi connectivity index (χ2v) is 5.93. The third-order valence-electron chi connectivity index (χ3n) is 3.67. The Morgan fingerprint density at radius 3 is 2.95 bits per heavy atom. The van der Waals surface area contributed by atoms with Gasteiger partial charge in [-0.3, -0.25) is 0 Å². The van der Waals surface area contributed by atoms with Gasteiger partial charge in [0.1, 0.15) is 17.7 Å². The number of alkyl halides is 1. The highest BCUT2D eigenvalue weighted by Gasteiger charge is 2.23. The van der Waals surface area contributed by atoms with Crippen LogP contribution in [0.2, 0.25) is 0 Å². The third-order valence-corrected chi connectivity index (χ3v) is 3.91. The topological polar surface area (TPSA) is 21.3 Å². The standard InChI is InChI=1S/C17H17ClFNO/c1-11(18)15-4-2-3-5-16(15)20-10-14-9-12-8-13(19)6-7-17(12)21-14/h2-8,11,14,20H,9-10H2,1H3. The van der Waals surface area contributed by atoms with Crippen LogP contribution in [-0.2, 0) is 6.42 Å². The van der Waals surface area contributed by atoms with E-state index in [1.807, 2.05) is 31.2 Å². The van der Waals surface area contributed by atoms with Gasteiger partial charge in [0.05, 0.1) is 11.9 Å². The van der Waals surface area contributed by atoms with Gasteiger partial charge in [0.15, 0.2) is 0 Å². The average molecular weight is 306 g/mol. The Kier molecular flexibility index (Phi) is 4.02. The minimum atomic E-state index is -0.215. The van der Waals surface area contributed by atoms with Gasteiger partial charge in [0, 0.05) is 17.7 Å². The van der Waals surface area contributed by atoms with Gasteiger partial charge >= 0.3 is 0 Å². The van der Waals surface area contributed by atoms with Crippen LogP contribution in [0.25, 0.3) is 0 Å². The number of hydrogen-bond donors (Lipinski definition) is 1. The normalized spacial score (nSPS) is 18.0. The van der Waals surface area contributed by atoms with Gasteiger partial charge in [-0.1, -0.05) is 18.2 Å². The highest BCUT2D eigenvalue weighted by atomic mass is 35.5. The van der Waals surface area contributed by atoms with Crippen molar-refractivity contribution in [3.63, 3.8) is 0 Å². The van der Waals surface area contributed by atoms with E-state index in [1.165, 1.54) is 6.07 Å². The van der Waals surface area contributed by atoms with E-state index in [-0.39, 0.29) is 17.3 Å². The second-order valence-electron chi connectivity index (χ2n) is 5.28. The van der Waals surface area contributed by atoms with Crippen molar-refractivity contribution in [1.82, 2.24) is 0 Å². The van der Waals surface area contributed by atoms with E-state index in [1.54, 1.807) is 12.1 Å². The first kappa shape index (κ1) is 14.2. The fraction of sp³-hybridized carbons (Fsp3) is 0.294. The maximum Gasteiger partial charge on any atom is 0.123 e. The molecule has 0 fully saturated rings. The molecule has 110 valence electrons. The Hall–Kier alpha value is -1.74. The van der Waals surface area contributed by atoms with Crippen LogP contribution >= 0.6 is 11.6 Å². The van der Waals surface area contributed by atoms with Crippen LogP contribution in [0.5, 0.6) is 5.75 Å². The van der Waals surface area contributed by atoms with E-state index >= 15 is 0 Å². The SMILES string of the molecule is CC(Cl)c1ccccc1NCC1Cc2cc(F)ccc2O1. The van der Waals surface area contributed by atoms with Gasteiger partial charge in [-0.2, -0.15) is 0 Å². The third kappa shape index (κ3) is 3.13. The van der Waals surface area contributed by atoms with Gasteiger partial charge in [-0.25, -0.2) is 4.39 Å². The first-order valence-electron chi connectivity index (χ1n) is 7.05. The van der Waals surface area contributed by atoms with Crippen molar-refractivity contribution >= 4 is 17.3 Å². The number of fused-ring (bicyclic) bond motifs is 1. The summed E-state index contributed by atoms with van der Waals surface area (Å²) in [5.41, 5.74) is 3.02. The smallest absolute Gasteiger partial charge is 0.123 e.